The average molecular weight is 337 g/mol. The highest BCUT2D eigenvalue weighted by Gasteiger charge is 2.47. The third kappa shape index (κ3) is 2.05. The van der Waals surface area contributed by atoms with Crippen LogP contribution in [0.2, 0.25) is 0 Å². The van der Waals surface area contributed by atoms with E-state index in [2.05, 4.69) is 21.1 Å². The highest BCUT2D eigenvalue weighted by molar-refractivity contribution is 9.10. The van der Waals surface area contributed by atoms with Crippen LogP contribution in [0.5, 0.6) is 0 Å². The molecule has 1 saturated heterocycles. The Morgan fingerprint density at radius 3 is 2.90 bits per heavy atom. The van der Waals surface area contributed by atoms with Gasteiger partial charge < -0.3 is 14.5 Å². The van der Waals surface area contributed by atoms with E-state index in [0.717, 1.165) is 10.0 Å². The van der Waals surface area contributed by atoms with Crippen molar-refractivity contribution in [1.82, 2.24) is 10.1 Å². The molecule has 1 aliphatic heterocycles. The standard InChI is InChI=1S/C14H13BrN2O3/c1-17-6-5-14(19,13(17)18)12-8-11(20-16-12)9-3-2-4-10(15)7-9/h2-4,7-8,19H,5-6H2,1H3. The number of halogens is 1. The lowest BCUT2D eigenvalue weighted by Crippen LogP contribution is -2.36. The minimum atomic E-state index is -1.57. The summed E-state index contributed by atoms with van der Waals surface area (Å²) < 4.78 is 6.19. The molecule has 5 nitrogen and oxygen atoms in total. The van der Waals surface area contributed by atoms with Crippen molar-refractivity contribution < 1.29 is 14.4 Å². The molecule has 3 rings (SSSR count). The minimum Gasteiger partial charge on any atom is -0.374 e. The molecule has 0 saturated carbocycles. The molecule has 6 heteroatoms. The summed E-state index contributed by atoms with van der Waals surface area (Å²) in [5.41, 5.74) is -0.468. The summed E-state index contributed by atoms with van der Waals surface area (Å²) in [6.45, 7) is 0.508. The maximum Gasteiger partial charge on any atom is 0.260 e. The van der Waals surface area contributed by atoms with E-state index >= 15 is 0 Å². The Hall–Kier alpha value is -1.66. The number of benzene rings is 1. The summed E-state index contributed by atoms with van der Waals surface area (Å²) in [6, 6.07) is 9.17. The molecule has 0 aliphatic carbocycles. The van der Waals surface area contributed by atoms with Crippen LogP contribution in [-0.4, -0.2) is 34.7 Å². The van der Waals surface area contributed by atoms with Crippen LogP contribution in [0.1, 0.15) is 12.1 Å². The van der Waals surface area contributed by atoms with E-state index in [0.29, 0.717) is 18.7 Å². The van der Waals surface area contributed by atoms with Gasteiger partial charge in [0.15, 0.2) is 11.4 Å². The molecular weight excluding hydrogens is 324 g/mol. The van der Waals surface area contributed by atoms with Gasteiger partial charge in [0.05, 0.1) is 0 Å². The SMILES string of the molecule is CN1CCC(O)(c2cc(-c3cccc(Br)c3)on2)C1=O. The van der Waals surface area contributed by atoms with Gasteiger partial charge in [0.1, 0.15) is 5.69 Å². The van der Waals surface area contributed by atoms with Crippen LogP contribution >= 0.6 is 15.9 Å². The van der Waals surface area contributed by atoms with E-state index in [4.69, 9.17) is 4.52 Å². The number of carbonyl (C=O) groups excluding carboxylic acids is 1. The third-order valence-electron chi connectivity index (χ3n) is 3.55. The first-order valence-electron chi connectivity index (χ1n) is 6.22. The van der Waals surface area contributed by atoms with Crippen molar-refractivity contribution >= 4 is 21.8 Å². The highest BCUT2D eigenvalue weighted by atomic mass is 79.9. The van der Waals surface area contributed by atoms with Crippen LogP contribution in [0.15, 0.2) is 39.3 Å². The van der Waals surface area contributed by atoms with E-state index in [9.17, 15) is 9.90 Å². The number of likely N-dealkylation sites (tertiary alicyclic amines) is 1. The Morgan fingerprint density at radius 2 is 2.25 bits per heavy atom. The minimum absolute atomic E-state index is 0.266. The van der Waals surface area contributed by atoms with Gasteiger partial charge in [-0.2, -0.15) is 0 Å². The number of aliphatic hydroxyl groups is 1. The van der Waals surface area contributed by atoms with Crippen LogP contribution in [0.4, 0.5) is 0 Å². The molecule has 104 valence electrons. The largest absolute Gasteiger partial charge is 0.374 e. The first-order chi connectivity index (χ1) is 9.50. The fourth-order valence-corrected chi connectivity index (χ4v) is 2.74. The molecule has 2 aromatic rings. The molecule has 1 fully saturated rings. The normalized spacial score (nSPS) is 22.6. The number of likely N-dealkylation sites (N-methyl/N-ethyl adjacent to an activating group) is 1. The van der Waals surface area contributed by atoms with Crippen molar-refractivity contribution in [2.45, 2.75) is 12.0 Å². The second kappa shape index (κ2) is 4.71. The average Bonchev–Trinajstić information content (AvgIpc) is 3.02. The van der Waals surface area contributed by atoms with Crippen molar-refractivity contribution in [2.24, 2.45) is 0 Å². The zero-order chi connectivity index (χ0) is 14.3. The van der Waals surface area contributed by atoms with Crippen molar-refractivity contribution in [3.8, 4) is 11.3 Å². The van der Waals surface area contributed by atoms with Gasteiger partial charge in [-0.05, 0) is 12.1 Å². The first-order valence-corrected chi connectivity index (χ1v) is 7.01. The summed E-state index contributed by atoms with van der Waals surface area (Å²) in [5.74, 6) is 0.184. The monoisotopic (exact) mass is 336 g/mol. The zero-order valence-electron chi connectivity index (χ0n) is 10.8. The number of amides is 1. The zero-order valence-corrected chi connectivity index (χ0v) is 12.4. The molecule has 20 heavy (non-hydrogen) atoms. The summed E-state index contributed by atoms with van der Waals surface area (Å²) in [4.78, 5) is 13.5. The van der Waals surface area contributed by atoms with Gasteiger partial charge in [-0.1, -0.05) is 33.2 Å². The van der Waals surface area contributed by atoms with Gasteiger partial charge in [-0.15, -0.1) is 0 Å². The van der Waals surface area contributed by atoms with Gasteiger partial charge in [-0.25, -0.2) is 0 Å². The predicted molar refractivity (Wildman–Crippen MR) is 75.8 cm³/mol. The molecule has 1 N–H and O–H groups in total. The highest BCUT2D eigenvalue weighted by Crippen LogP contribution is 2.34. The van der Waals surface area contributed by atoms with Crippen LogP contribution in [0.25, 0.3) is 11.3 Å². The van der Waals surface area contributed by atoms with Crippen molar-refractivity contribution in [2.75, 3.05) is 13.6 Å². The number of aromatic nitrogens is 1. The van der Waals surface area contributed by atoms with Gasteiger partial charge in [0.2, 0.25) is 0 Å². The summed E-state index contributed by atoms with van der Waals surface area (Å²) in [5, 5.41) is 14.4. The molecule has 0 spiro atoms. The van der Waals surface area contributed by atoms with Crippen molar-refractivity contribution in [1.29, 1.82) is 0 Å². The molecule has 1 aromatic heterocycles. The number of nitrogens with zero attached hydrogens (tertiary/aromatic N) is 2. The Labute approximate surface area is 124 Å². The summed E-state index contributed by atoms with van der Waals surface area (Å²) in [6.07, 6.45) is 0.326. The first kappa shape index (κ1) is 13.3. The molecule has 1 unspecified atom stereocenters. The van der Waals surface area contributed by atoms with Gasteiger partial charge in [-0.3, -0.25) is 4.79 Å². The fraction of sp³-hybridized carbons (Fsp3) is 0.286. The number of hydrogen-bond acceptors (Lipinski definition) is 4. The van der Waals surface area contributed by atoms with E-state index in [-0.39, 0.29) is 11.6 Å². The van der Waals surface area contributed by atoms with E-state index in [1.165, 1.54) is 4.90 Å². The van der Waals surface area contributed by atoms with E-state index in [1.807, 2.05) is 24.3 Å². The number of rotatable bonds is 2. The number of carbonyl (C=O) groups is 1. The Kier molecular flexibility index (Phi) is 3.14. The summed E-state index contributed by atoms with van der Waals surface area (Å²) >= 11 is 3.39. The van der Waals surface area contributed by atoms with Crippen LogP contribution < -0.4 is 0 Å². The van der Waals surface area contributed by atoms with Gasteiger partial charge in [0.25, 0.3) is 5.91 Å². The van der Waals surface area contributed by atoms with E-state index < -0.39 is 5.60 Å². The quantitative estimate of drug-likeness (QED) is 0.912. The maximum absolute atomic E-state index is 12.0. The smallest absolute Gasteiger partial charge is 0.260 e. The molecule has 0 bridgehead atoms. The van der Waals surface area contributed by atoms with Crippen LogP contribution in [0, 0.1) is 0 Å². The maximum atomic E-state index is 12.0. The van der Waals surface area contributed by atoms with Crippen molar-refractivity contribution in [3.63, 3.8) is 0 Å². The lowest BCUT2D eigenvalue weighted by molar-refractivity contribution is -0.143. The number of hydrogen-bond donors (Lipinski definition) is 1. The van der Waals surface area contributed by atoms with Gasteiger partial charge in [0, 0.05) is 36.1 Å². The Bertz CT molecular complexity index is 670. The molecule has 1 aromatic carbocycles. The third-order valence-corrected chi connectivity index (χ3v) is 4.05. The lowest BCUT2D eigenvalue weighted by atomic mass is 9.97. The molecule has 0 radical (unpaired) electrons. The van der Waals surface area contributed by atoms with Gasteiger partial charge >= 0.3 is 0 Å². The second-order valence-corrected chi connectivity index (χ2v) is 5.84. The van der Waals surface area contributed by atoms with Crippen molar-refractivity contribution in [3.05, 3.63) is 40.5 Å². The van der Waals surface area contributed by atoms with Crippen LogP contribution in [0.3, 0.4) is 0 Å². The predicted octanol–water partition coefficient (Wildman–Crippen LogP) is 2.15. The lowest BCUT2D eigenvalue weighted by Gasteiger charge is -2.16. The fourth-order valence-electron chi connectivity index (χ4n) is 2.34. The topological polar surface area (TPSA) is 66.6 Å². The molecule has 1 amide bonds. The second-order valence-electron chi connectivity index (χ2n) is 4.92. The Balaban J connectivity index is 1.97. The molecule has 2 heterocycles. The molecule has 1 atom stereocenters. The molecule has 1 aliphatic rings. The molecular formula is C14H13BrN2O3. The van der Waals surface area contributed by atoms with Crippen LogP contribution in [-0.2, 0) is 10.4 Å². The van der Waals surface area contributed by atoms with E-state index in [1.54, 1.807) is 13.1 Å². The Morgan fingerprint density at radius 1 is 1.45 bits per heavy atom. The summed E-state index contributed by atoms with van der Waals surface area (Å²) in [7, 11) is 1.66.